The second kappa shape index (κ2) is 10.2. The van der Waals surface area contributed by atoms with Crippen LogP contribution in [0.3, 0.4) is 0 Å². The van der Waals surface area contributed by atoms with Crippen molar-refractivity contribution < 1.29 is 33.3 Å². The van der Waals surface area contributed by atoms with Crippen molar-refractivity contribution in [1.29, 1.82) is 0 Å². The zero-order chi connectivity index (χ0) is 25.8. The van der Waals surface area contributed by atoms with Crippen molar-refractivity contribution in [3.8, 4) is 0 Å². The fourth-order valence-corrected chi connectivity index (χ4v) is 3.90. The Balaban J connectivity index is 1.64. The maximum atomic E-state index is 13.4. The Labute approximate surface area is 205 Å². The first kappa shape index (κ1) is 24.3. The van der Waals surface area contributed by atoms with E-state index in [1.807, 2.05) is 0 Å². The van der Waals surface area contributed by atoms with Crippen LogP contribution in [-0.4, -0.2) is 46.2 Å². The fourth-order valence-electron chi connectivity index (χ4n) is 3.90. The number of nitro benzene ring substituents is 1. The number of carbonyl (C=O) groups excluding carboxylic acids is 4. The Morgan fingerprint density at radius 3 is 2.50 bits per heavy atom. The molecule has 0 radical (unpaired) electrons. The number of hydrogen-bond donors (Lipinski definition) is 0. The number of nitrogens with zero attached hydrogens (tertiary/aromatic N) is 3. The Morgan fingerprint density at radius 2 is 1.86 bits per heavy atom. The summed E-state index contributed by atoms with van der Waals surface area (Å²) in [5.41, 5.74) is 0.210. The second-order valence-electron chi connectivity index (χ2n) is 7.87. The molecule has 184 valence electrons. The van der Waals surface area contributed by atoms with Gasteiger partial charge in [-0.3, -0.25) is 24.5 Å². The van der Waals surface area contributed by atoms with E-state index in [9.17, 15) is 29.3 Å². The normalized spacial score (nSPS) is 15.1. The molecular weight excluding hydrogens is 470 g/mol. The van der Waals surface area contributed by atoms with Crippen molar-refractivity contribution in [2.24, 2.45) is 0 Å². The summed E-state index contributed by atoms with van der Waals surface area (Å²) in [5.74, 6) is -2.01. The van der Waals surface area contributed by atoms with Gasteiger partial charge in [0.2, 0.25) is 5.91 Å². The maximum Gasteiger partial charge on any atom is 0.338 e. The van der Waals surface area contributed by atoms with Gasteiger partial charge in [-0.15, -0.1) is 0 Å². The number of benzene rings is 2. The first-order valence-corrected chi connectivity index (χ1v) is 11.0. The third-order valence-corrected chi connectivity index (χ3v) is 5.61. The predicted octanol–water partition coefficient (Wildman–Crippen LogP) is 3.34. The van der Waals surface area contributed by atoms with Gasteiger partial charge in [-0.2, -0.15) is 0 Å². The zero-order valence-electron chi connectivity index (χ0n) is 19.2. The van der Waals surface area contributed by atoms with Crippen molar-refractivity contribution >= 4 is 35.1 Å². The highest BCUT2D eigenvalue weighted by molar-refractivity contribution is 6.23. The lowest BCUT2D eigenvalue weighted by atomic mass is 10.1. The zero-order valence-corrected chi connectivity index (χ0v) is 19.2. The van der Waals surface area contributed by atoms with Gasteiger partial charge in [0.15, 0.2) is 0 Å². The van der Waals surface area contributed by atoms with Crippen LogP contribution < -0.4 is 4.90 Å². The van der Waals surface area contributed by atoms with Crippen LogP contribution in [0.5, 0.6) is 0 Å². The number of amides is 3. The second-order valence-corrected chi connectivity index (χ2v) is 7.87. The third-order valence-electron chi connectivity index (χ3n) is 5.61. The summed E-state index contributed by atoms with van der Waals surface area (Å²) >= 11 is 0. The summed E-state index contributed by atoms with van der Waals surface area (Å²) < 4.78 is 10.3. The Hall–Kier alpha value is -4.80. The molecule has 2 aromatic carbocycles. The van der Waals surface area contributed by atoms with Crippen LogP contribution >= 0.6 is 0 Å². The van der Waals surface area contributed by atoms with Crippen molar-refractivity contribution in [1.82, 2.24) is 4.90 Å². The lowest BCUT2D eigenvalue weighted by Gasteiger charge is -2.27. The molecule has 1 atom stereocenters. The van der Waals surface area contributed by atoms with Crippen molar-refractivity contribution in [2.45, 2.75) is 25.9 Å². The van der Waals surface area contributed by atoms with E-state index in [0.29, 0.717) is 5.76 Å². The van der Waals surface area contributed by atoms with E-state index in [1.165, 1.54) is 53.6 Å². The van der Waals surface area contributed by atoms with Crippen molar-refractivity contribution in [3.63, 3.8) is 0 Å². The van der Waals surface area contributed by atoms with Gasteiger partial charge in [0, 0.05) is 17.7 Å². The van der Waals surface area contributed by atoms with Gasteiger partial charge in [-0.25, -0.2) is 9.69 Å². The first-order valence-electron chi connectivity index (χ1n) is 11.0. The van der Waals surface area contributed by atoms with E-state index in [-0.39, 0.29) is 42.1 Å². The molecule has 4 rings (SSSR count). The molecule has 1 aromatic heterocycles. The molecule has 1 unspecified atom stereocenters. The summed E-state index contributed by atoms with van der Waals surface area (Å²) in [6.45, 7) is 1.75. The van der Waals surface area contributed by atoms with Crippen molar-refractivity contribution in [2.75, 3.05) is 11.5 Å². The van der Waals surface area contributed by atoms with Gasteiger partial charge in [-0.05, 0) is 49.4 Å². The predicted molar refractivity (Wildman–Crippen MR) is 125 cm³/mol. The van der Waals surface area contributed by atoms with E-state index in [2.05, 4.69) is 0 Å². The number of imide groups is 1. The minimum atomic E-state index is -1.17. The largest absolute Gasteiger partial charge is 0.467 e. The first-order chi connectivity index (χ1) is 17.3. The number of non-ortho nitro benzene ring substituents is 1. The smallest absolute Gasteiger partial charge is 0.338 e. The lowest BCUT2D eigenvalue weighted by Crippen LogP contribution is -2.45. The molecule has 0 saturated carbocycles. The Kier molecular flexibility index (Phi) is 6.91. The topological polar surface area (TPSA) is 140 Å². The van der Waals surface area contributed by atoms with Crippen LogP contribution in [-0.2, 0) is 20.9 Å². The van der Waals surface area contributed by atoms with Crippen LogP contribution in [0.4, 0.5) is 11.4 Å². The number of furan rings is 1. The highest BCUT2D eigenvalue weighted by atomic mass is 16.6. The average Bonchev–Trinajstić information content (AvgIpc) is 3.49. The SMILES string of the molecule is CCOC(=O)c1ccc(N2C(=O)CC(N(Cc3ccco3)C(=O)c3cccc([N+](=O)[O-])c3)C2=O)cc1. The molecule has 2 heterocycles. The highest BCUT2D eigenvalue weighted by Crippen LogP contribution is 2.29. The summed E-state index contributed by atoms with van der Waals surface area (Å²) in [6, 6.07) is 13.0. The molecule has 36 heavy (non-hydrogen) atoms. The monoisotopic (exact) mass is 491 g/mol. The molecule has 1 fully saturated rings. The minimum absolute atomic E-state index is 0.00626. The van der Waals surface area contributed by atoms with Crippen LogP contribution in [0.15, 0.2) is 71.3 Å². The lowest BCUT2D eigenvalue weighted by molar-refractivity contribution is -0.384. The summed E-state index contributed by atoms with van der Waals surface area (Å²) in [6.07, 6.45) is 1.12. The van der Waals surface area contributed by atoms with Gasteiger partial charge in [0.05, 0.1) is 42.0 Å². The van der Waals surface area contributed by atoms with Gasteiger partial charge in [0.1, 0.15) is 11.8 Å². The molecule has 11 nitrogen and oxygen atoms in total. The van der Waals surface area contributed by atoms with E-state index in [1.54, 1.807) is 19.1 Å². The maximum absolute atomic E-state index is 13.4. The molecule has 0 N–H and O–H groups in total. The number of ether oxygens (including phenoxy) is 1. The van der Waals surface area contributed by atoms with Crippen LogP contribution in [0.1, 0.15) is 39.8 Å². The molecule has 1 saturated heterocycles. The molecule has 3 amide bonds. The molecule has 1 aliphatic heterocycles. The van der Waals surface area contributed by atoms with Gasteiger partial charge in [-0.1, -0.05) is 6.07 Å². The number of anilines is 1. The molecule has 3 aromatic rings. The third kappa shape index (κ3) is 4.85. The van der Waals surface area contributed by atoms with Gasteiger partial charge < -0.3 is 14.1 Å². The highest BCUT2D eigenvalue weighted by Gasteiger charge is 2.45. The van der Waals surface area contributed by atoms with Crippen LogP contribution in [0, 0.1) is 10.1 Å². The Morgan fingerprint density at radius 1 is 1.11 bits per heavy atom. The van der Waals surface area contributed by atoms with Crippen molar-refractivity contribution in [3.05, 3.63) is 93.9 Å². The standard InChI is InChI=1S/C25H21N3O8/c1-2-35-25(32)16-8-10-18(11-9-16)27-22(29)14-21(24(27)31)26(15-20-7-4-12-36-20)23(30)17-5-3-6-19(13-17)28(33)34/h3-13,21H,2,14-15H2,1H3. The summed E-state index contributed by atoms with van der Waals surface area (Å²) in [5, 5.41) is 11.2. The minimum Gasteiger partial charge on any atom is -0.467 e. The fraction of sp³-hybridized carbons (Fsp3) is 0.200. The van der Waals surface area contributed by atoms with E-state index < -0.39 is 34.7 Å². The molecule has 0 aliphatic carbocycles. The number of nitro groups is 1. The number of hydrogen-bond acceptors (Lipinski definition) is 8. The van der Waals surface area contributed by atoms with E-state index in [4.69, 9.17) is 9.15 Å². The molecular formula is C25H21N3O8. The quantitative estimate of drug-likeness (QED) is 0.202. The van der Waals surface area contributed by atoms with E-state index >= 15 is 0 Å². The number of esters is 1. The number of rotatable bonds is 8. The molecule has 1 aliphatic rings. The number of carbonyl (C=O) groups is 4. The van der Waals surface area contributed by atoms with Gasteiger partial charge in [0.25, 0.3) is 17.5 Å². The molecule has 0 spiro atoms. The van der Waals surface area contributed by atoms with Crippen LogP contribution in [0.2, 0.25) is 0 Å². The summed E-state index contributed by atoms with van der Waals surface area (Å²) in [4.78, 5) is 64.3. The van der Waals surface area contributed by atoms with E-state index in [0.717, 1.165) is 11.0 Å². The Bertz CT molecular complexity index is 1320. The van der Waals surface area contributed by atoms with Gasteiger partial charge >= 0.3 is 5.97 Å². The summed E-state index contributed by atoms with van der Waals surface area (Å²) in [7, 11) is 0. The molecule has 0 bridgehead atoms. The molecule has 11 heteroatoms. The average molecular weight is 491 g/mol. The van der Waals surface area contributed by atoms with Crippen LogP contribution in [0.25, 0.3) is 0 Å².